The zero-order valence-electron chi connectivity index (χ0n) is 11.5. The van der Waals surface area contributed by atoms with E-state index in [0.29, 0.717) is 15.8 Å². The number of benzene rings is 1. The fourth-order valence-corrected chi connectivity index (χ4v) is 2.99. The summed E-state index contributed by atoms with van der Waals surface area (Å²) in [5, 5.41) is 5.55. The normalized spacial score (nSPS) is 17.6. The maximum Gasteiger partial charge on any atom is 0.405 e. The summed E-state index contributed by atoms with van der Waals surface area (Å²) in [6.45, 7) is 0.824. The first kappa shape index (κ1) is 16.1. The van der Waals surface area contributed by atoms with E-state index in [1.165, 1.54) is 4.90 Å². The average Bonchev–Trinajstić information content (AvgIpc) is 2.68. The van der Waals surface area contributed by atoms with Crippen LogP contribution in [-0.4, -0.2) is 32.2 Å². The molecule has 2 rings (SSSR count). The van der Waals surface area contributed by atoms with Crippen LogP contribution in [0.2, 0.25) is 0 Å². The molecule has 1 atom stereocenters. The Hall–Kier alpha value is -1.28. The number of hydrogen-bond donors (Lipinski definition) is 2. The van der Waals surface area contributed by atoms with E-state index < -0.39 is 18.8 Å². The first-order valence-corrected chi connectivity index (χ1v) is 7.19. The predicted molar refractivity (Wildman–Crippen MR) is 78.5 cm³/mol. The van der Waals surface area contributed by atoms with Crippen molar-refractivity contribution in [1.29, 1.82) is 0 Å². The van der Waals surface area contributed by atoms with E-state index in [1.54, 1.807) is 26.1 Å². The zero-order chi connectivity index (χ0) is 15.8. The lowest BCUT2D eigenvalue weighted by atomic mass is 10.1. The molecule has 0 bridgehead atoms. The summed E-state index contributed by atoms with van der Waals surface area (Å²) in [5.74, 6) is -0.213. The van der Waals surface area contributed by atoms with Crippen LogP contribution in [0.4, 0.5) is 24.5 Å². The van der Waals surface area contributed by atoms with Gasteiger partial charge in [-0.1, -0.05) is 0 Å². The lowest BCUT2D eigenvalue weighted by Gasteiger charge is -2.26. The van der Waals surface area contributed by atoms with Gasteiger partial charge >= 0.3 is 6.18 Å². The Labute approximate surface area is 128 Å². The van der Waals surface area contributed by atoms with Crippen LogP contribution in [0.1, 0.15) is 18.5 Å². The minimum atomic E-state index is -4.29. The molecule has 0 saturated heterocycles. The average molecular weight is 366 g/mol. The van der Waals surface area contributed by atoms with E-state index >= 15 is 0 Å². The second-order valence-corrected chi connectivity index (χ2v) is 5.59. The van der Waals surface area contributed by atoms with Crippen molar-refractivity contribution in [2.24, 2.45) is 0 Å². The Morgan fingerprint density at radius 2 is 2.10 bits per heavy atom. The first-order chi connectivity index (χ1) is 9.76. The van der Waals surface area contributed by atoms with Gasteiger partial charge in [0.15, 0.2) is 0 Å². The van der Waals surface area contributed by atoms with Gasteiger partial charge in [0.25, 0.3) is 0 Å². The van der Waals surface area contributed by atoms with Crippen molar-refractivity contribution in [2.45, 2.75) is 19.1 Å². The van der Waals surface area contributed by atoms with Gasteiger partial charge in [0.1, 0.15) is 12.6 Å². The Bertz CT molecular complexity index is 562. The number of rotatable bonds is 4. The predicted octanol–water partition coefficient (Wildman–Crippen LogP) is 3.05. The van der Waals surface area contributed by atoms with Crippen molar-refractivity contribution in [3.63, 3.8) is 0 Å². The monoisotopic (exact) mass is 365 g/mol. The molecule has 116 valence electrons. The molecule has 0 radical (unpaired) electrons. The fraction of sp³-hybridized carbons (Fsp3) is 0.462. The zero-order valence-corrected chi connectivity index (χ0v) is 13.1. The Balaban J connectivity index is 2.39. The Morgan fingerprint density at radius 3 is 2.62 bits per heavy atom. The smallest absolute Gasteiger partial charge is 0.362 e. The summed E-state index contributed by atoms with van der Waals surface area (Å²) in [6, 6.07) is 2.77. The fourth-order valence-electron chi connectivity index (χ4n) is 2.38. The molecule has 8 heteroatoms. The van der Waals surface area contributed by atoms with Gasteiger partial charge in [0, 0.05) is 22.3 Å². The van der Waals surface area contributed by atoms with Crippen molar-refractivity contribution >= 4 is 33.2 Å². The molecule has 0 aliphatic carbocycles. The maximum atomic E-state index is 12.6. The molecule has 0 spiro atoms. The van der Waals surface area contributed by atoms with Crippen molar-refractivity contribution in [1.82, 2.24) is 5.32 Å². The number of fused-ring (bicyclic) bond motifs is 1. The van der Waals surface area contributed by atoms with Crippen LogP contribution in [0.5, 0.6) is 0 Å². The van der Waals surface area contributed by atoms with Crippen LogP contribution in [-0.2, 0) is 4.79 Å². The third-order valence-corrected chi connectivity index (χ3v) is 3.97. The van der Waals surface area contributed by atoms with Gasteiger partial charge in [-0.2, -0.15) is 13.2 Å². The molecular formula is C13H15BrF3N3O. The third kappa shape index (κ3) is 3.32. The lowest BCUT2D eigenvalue weighted by molar-refractivity contribution is -0.119. The number of hydrogen-bond acceptors (Lipinski definition) is 3. The molecule has 1 unspecified atom stereocenters. The van der Waals surface area contributed by atoms with Crippen molar-refractivity contribution in [3.8, 4) is 0 Å². The largest absolute Gasteiger partial charge is 0.405 e. The van der Waals surface area contributed by atoms with E-state index in [1.807, 2.05) is 0 Å². The SMILES string of the molecule is CCN(CC(F)(F)F)c1cc2c(cc1Br)C(NC)C(=O)N2. The van der Waals surface area contributed by atoms with Crippen LogP contribution in [0.15, 0.2) is 16.6 Å². The van der Waals surface area contributed by atoms with Gasteiger partial charge in [-0.3, -0.25) is 4.79 Å². The number of likely N-dealkylation sites (N-methyl/N-ethyl adjacent to an activating group) is 1. The van der Waals surface area contributed by atoms with Gasteiger partial charge in [-0.05, 0) is 42.0 Å². The molecule has 2 N–H and O–H groups in total. The third-order valence-electron chi connectivity index (χ3n) is 3.33. The topological polar surface area (TPSA) is 44.4 Å². The highest BCUT2D eigenvalue weighted by atomic mass is 79.9. The van der Waals surface area contributed by atoms with E-state index in [4.69, 9.17) is 0 Å². The van der Waals surface area contributed by atoms with Crippen LogP contribution in [0.3, 0.4) is 0 Å². The van der Waals surface area contributed by atoms with Gasteiger partial charge in [0.05, 0.1) is 5.69 Å². The second-order valence-electron chi connectivity index (χ2n) is 4.73. The number of nitrogens with one attached hydrogen (secondary N) is 2. The highest BCUT2D eigenvalue weighted by Gasteiger charge is 2.33. The highest BCUT2D eigenvalue weighted by Crippen LogP contribution is 2.39. The molecule has 0 saturated carbocycles. The number of halogens is 4. The van der Waals surface area contributed by atoms with Gasteiger partial charge < -0.3 is 15.5 Å². The molecule has 21 heavy (non-hydrogen) atoms. The quantitative estimate of drug-likeness (QED) is 0.861. The van der Waals surface area contributed by atoms with Gasteiger partial charge in [-0.15, -0.1) is 0 Å². The van der Waals surface area contributed by atoms with E-state index in [2.05, 4.69) is 26.6 Å². The number of amides is 1. The van der Waals surface area contributed by atoms with Crippen molar-refractivity contribution < 1.29 is 18.0 Å². The summed E-state index contributed by atoms with van der Waals surface area (Å²) in [4.78, 5) is 13.0. The van der Waals surface area contributed by atoms with Gasteiger partial charge in [-0.25, -0.2) is 0 Å². The van der Waals surface area contributed by atoms with Gasteiger partial charge in [0.2, 0.25) is 5.91 Å². The standard InChI is InChI=1S/C13H15BrF3N3O/c1-3-20(6-13(15,16)17)10-5-9-7(4-8(10)14)11(18-2)12(21)19-9/h4-5,11,18H,3,6H2,1-2H3,(H,19,21). The molecule has 0 fully saturated rings. The summed E-state index contributed by atoms with van der Waals surface area (Å²) in [5.41, 5.74) is 1.67. The summed E-state index contributed by atoms with van der Waals surface area (Å²) < 4.78 is 38.4. The summed E-state index contributed by atoms with van der Waals surface area (Å²) >= 11 is 3.30. The lowest BCUT2D eigenvalue weighted by Crippen LogP contribution is -2.34. The molecule has 1 aromatic rings. The Morgan fingerprint density at radius 1 is 1.43 bits per heavy atom. The Kier molecular flexibility index (Phi) is 4.48. The number of anilines is 2. The number of carbonyl (C=O) groups excluding carboxylic acids is 1. The number of carbonyl (C=O) groups is 1. The van der Waals surface area contributed by atoms with Crippen LogP contribution in [0.25, 0.3) is 0 Å². The van der Waals surface area contributed by atoms with E-state index in [0.717, 1.165) is 5.56 Å². The number of nitrogens with zero attached hydrogens (tertiary/aromatic N) is 1. The molecule has 1 aliphatic heterocycles. The van der Waals surface area contributed by atoms with Crippen LogP contribution >= 0.6 is 15.9 Å². The molecule has 0 aromatic heterocycles. The molecule has 1 aliphatic rings. The molecule has 4 nitrogen and oxygen atoms in total. The maximum absolute atomic E-state index is 12.6. The van der Waals surface area contributed by atoms with E-state index in [-0.39, 0.29) is 12.5 Å². The second kappa shape index (κ2) is 5.84. The van der Waals surface area contributed by atoms with Crippen LogP contribution in [0, 0.1) is 0 Å². The highest BCUT2D eigenvalue weighted by molar-refractivity contribution is 9.10. The van der Waals surface area contributed by atoms with Crippen LogP contribution < -0.4 is 15.5 Å². The molecule has 1 amide bonds. The number of alkyl halides is 3. The van der Waals surface area contributed by atoms with E-state index in [9.17, 15) is 18.0 Å². The minimum Gasteiger partial charge on any atom is -0.362 e. The first-order valence-electron chi connectivity index (χ1n) is 6.40. The summed E-state index contributed by atoms with van der Waals surface area (Å²) in [7, 11) is 1.66. The minimum absolute atomic E-state index is 0.209. The van der Waals surface area contributed by atoms with Crippen molar-refractivity contribution in [3.05, 3.63) is 22.2 Å². The molecule has 1 heterocycles. The summed E-state index contributed by atoms with van der Waals surface area (Å²) in [6.07, 6.45) is -4.29. The molecule has 1 aromatic carbocycles. The molecular weight excluding hydrogens is 351 g/mol. The van der Waals surface area contributed by atoms with Crippen molar-refractivity contribution in [2.75, 3.05) is 30.4 Å².